The molecule has 0 aliphatic carbocycles. The molecule has 0 atom stereocenters. The molecule has 10 nitrogen and oxygen atoms in total. The number of hydrogen-bond donors (Lipinski definition) is 1. The third-order valence-corrected chi connectivity index (χ3v) is 4.59. The van der Waals surface area contributed by atoms with Gasteiger partial charge in [0.15, 0.2) is 12.4 Å². The Morgan fingerprint density at radius 1 is 1.03 bits per heavy atom. The van der Waals surface area contributed by atoms with E-state index in [0.717, 1.165) is 0 Å². The van der Waals surface area contributed by atoms with Crippen molar-refractivity contribution in [3.05, 3.63) is 89.7 Å². The van der Waals surface area contributed by atoms with Crippen molar-refractivity contribution in [1.82, 2.24) is 10.1 Å². The molecule has 2 heterocycles. The summed E-state index contributed by atoms with van der Waals surface area (Å²) in [5.41, 5.74) is 0.513. The molecule has 0 saturated heterocycles. The zero-order valence-corrected chi connectivity index (χ0v) is 18.5. The van der Waals surface area contributed by atoms with Gasteiger partial charge in [0.25, 0.3) is 5.89 Å². The van der Waals surface area contributed by atoms with Gasteiger partial charge in [-0.15, -0.1) is 0 Å². The highest BCUT2D eigenvalue weighted by Crippen LogP contribution is 2.23. The van der Waals surface area contributed by atoms with Crippen LogP contribution < -0.4 is 14.8 Å². The van der Waals surface area contributed by atoms with Crippen LogP contribution in [-0.4, -0.2) is 29.1 Å². The monoisotopic (exact) mass is 481 g/mol. The second-order valence-electron chi connectivity index (χ2n) is 7.11. The highest BCUT2D eigenvalue weighted by Gasteiger charge is 2.17. The molecule has 0 unspecified atom stereocenters. The Bertz CT molecular complexity index is 1300. The lowest BCUT2D eigenvalue weighted by atomic mass is 10.2. The van der Waals surface area contributed by atoms with E-state index in [1.54, 1.807) is 30.3 Å². The number of carbonyl (C=O) groups excluding carboxylic acids is 2. The van der Waals surface area contributed by atoms with Crippen LogP contribution >= 0.6 is 0 Å². The molecule has 4 aromatic rings. The van der Waals surface area contributed by atoms with E-state index < -0.39 is 5.97 Å². The molecular weight excluding hydrogens is 461 g/mol. The summed E-state index contributed by atoms with van der Waals surface area (Å²) in [7, 11) is 1.50. The number of anilines is 1. The predicted octanol–water partition coefficient (Wildman–Crippen LogP) is 3.93. The van der Waals surface area contributed by atoms with Crippen molar-refractivity contribution in [2.45, 2.75) is 19.6 Å². The molecule has 180 valence electrons. The van der Waals surface area contributed by atoms with Crippen molar-refractivity contribution >= 4 is 17.6 Å². The topological polar surface area (TPSA) is 126 Å². The van der Waals surface area contributed by atoms with E-state index >= 15 is 0 Å². The van der Waals surface area contributed by atoms with E-state index in [1.165, 1.54) is 37.4 Å². The molecule has 0 aliphatic rings. The Kier molecular flexibility index (Phi) is 7.36. The smallest absolute Gasteiger partial charge is 0.374 e. The molecule has 0 radical (unpaired) electrons. The van der Waals surface area contributed by atoms with Crippen molar-refractivity contribution in [3.8, 4) is 11.5 Å². The van der Waals surface area contributed by atoms with Crippen LogP contribution in [0.5, 0.6) is 11.5 Å². The van der Waals surface area contributed by atoms with Crippen LogP contribution in [0.15, 0.2) is 69.6 Å². The molecule has 4 rings (SSSR count). The number of nitrogens with zero attached hydrogens (tertiary/aromatic N) is 2. The second-order valence-corrected chi connectivity index (χ2v) is 7.11. The van der Waals surface area contributed by atoms with Gasteiger partial charge in [0.2, 0.25) is 11.7 Å². The predicted molar refractivity (Wildman–Crippen MR) is 118 cm³/mol. The zero-order chi connectivity index (χ0) is 24.6. The summed E-state index contributed by atoms with van der Waals surface area (Å²) < 4.78 is 39.2. The number of nitrogens with one attached hydrogen (secondary N) is 1. The summed E-state index contributed by atoms with van der Waals surface area (Å²) in [6, 6.07) is 15.5. The SMILES string of the molecule is COc1ccccc1NC(=O)Cc1noc(COC(=O)c2ccc(COc3ccc(F)cc3)o2)n1. The number of furan rings is 1. The van der Waals surface area contributed by atoms with Crippen molar-refractivity contribution in [2.24, 2.45) is 0 Å². The van der Waals surface area contributed by atoms with Gasteiger partial charge in [0.1, 0.15) is 29.7 Å². The normalized spacial score (nSPS) is 10.6. The first-order valence-electron chi connectivity index (χ1n) is 10.4. The van der Waals surface area contributed by atoms with Gasteiger partial charge < -0.3 is 28.5 Å². The summed E-state index contributed by atoms with van der Waals surface area (Å²) in [4.78, 5) is 28.5. The van der Waals surface area contributed by atoms with Gasteiger partial charge >= 0.3 is 5.97 Å². The number of amides is 1. The molecule has 0 spiro atoms. The zero-order valence-electron chi connectivity index (χ0n) is 18.5. The fraction of sp³-hybridized carbons (Fsp3) is 0.167. The first kappa shape index (κ1) is 23.5. The standard InChI is InChI=1S/C24H20FN3O7/c1-31-19-5-3-2-4-18(19)26-22(29)12-21-27-23(35-28-21)14-33-24(30)20-11-10-17(34-20)13-32-16-8-6-15(25)7-9-16/h2-11H,12-14H2,1H3,(H,26,29). The third kappa shape index (κ3) is 6.44. The van der Waals surface area contributed by atoms with Crippen molar-refractivity contribution in [2.75, 3.05) is 12.4 Å². The fourth-order valence-corrected chi connectivity index (χ4v) is 2.96. The van der Waals surface area contributed by atoms with Crippen LogP contribution in [0.2, 0.25) is 0 Å². The summed E-state index contributed by atoms with van der Waals surface area (Å²) in [5, 5.41) is 6.43. The van der Waals surface area contributed by atoms with E-state index in [9.17, 15) is 14.0 Å². The maximum Gasteiger partial charge on any atom is 0.374 e. The number of aromatic nitrogens is 2. The molecule has 0 aliphatic heterocycles. The molecule has 0 bridgehead atoms. The Labute approximate surface area is 198 Å². The van der Waals surface area contributed by atoms with Gasteiger partial charge in [-0.1, -0.05) is 17.3 Å². The largest absolute Gasteiger partial charge is 0.495 e. The first-order chi connectivity index (χ1) is 17.0. The van der Waals surface area contributed by atoms with Gasteiger partial charge in [-0.05, 0) is 48.5 Å². The third-order valence-electron chi connectivity index (χ3n) is 4.59. The highest BCUT2D eigenvalue weighted by molar-refractivity contribution is 5.93. The molecule has 11 heteroatoms. The van der Waals surface area contributed by atoms with Crippen LogP contribution in [0.25, 0.3) is 0 Å². The second kappa shape index (κ2) is 11.0. The van der Waals surface area contributed by atoms with Crippen LogP contribution in [0, 0.1) is 5.82 Å². The number of para-hydroxylation sites is 2. The number of rotatable bonds is 10. The summed E-state index contributed by atoms with van der Waals surface area (Å²) in [6.07, 6.45) is -0.148. The molecule has 1 amide bonds. The molecular formula is C24H20FN3O7. The number of carbonyl (C=O) groups is 2. The quantitative estimate of drug-likeness (QED) is 0.335. The molecule has 0 fully saturated rings. The van der Waals surface area contributed by atoms with E-state index in [1.807, 2.05) is 0 Å². The van der Waals surface area contributed by atoms with E-state index in [0.29, 0.717) is 22.9 Å². The first-order valence-corrected chi connectivity index (χ1v) is 10.4. The van der Waals surface area contributed by atoms with Gasteiger partial charge in [-0.3, -0.25) is 4.79 Å². The number of benzene rings is 2. The maximum absolute atomic E-state index is 12.9. The van der Waals surface area contributed by atoms with Crippen LogP contribution in [0.1, 0.15) is 28.0 Å². The minimum atomic E-state index is -0.744. The maximum atomic E-state index is 12.9. The van der Waals surface area contributed by atoms with E-state index in [4.69, 9.17) is 23.2 Å². The number of halogens is 1. The van der Waals surface area contributed by atoms with Gasteiger partial charge in [0.05, 0.1) is 19.2 Å². The van der Waals surface area contributed by atoms with Gasteiger partial charge in [-0.25, -0.2) is 9.18 Å². The van der Waals surface area contributed by atoms with Crippen LogP contribution in [0.4, 0.5) is 10.1 Å². The minimum Gasteiger partial charge on any atom is -0.495 e. The fourth-order valence-electron chi connectivity index (χ4n) is 2.96. The Morgan fingerprint density at radius 2 is 1.83 bits per heavy atom. The van der Waals surface area contributed by atoms with Crippen LogP contribution in [-0.2, 0) is 29.2 Å². The molecule has 35 heavy (non-hydrogen) atoms. The van der Waals surface area contributed by atoms with E-state index in [2.05, 4.69) is 15.5 Å². The lowest BCUT2D eigenvalue weighted by Crippen LogP contribution is -2.15. The Hall–Kier alpha value is -4.67. The summed E-state index contributed by atoms with van der Waals surface area (Å²) in [6.45, 7) is -0.259. The summed E-state index contributed by atoms with van der Waals surface area (Å²) in [5.74, 6) is -0.0330. The molecule has 0 saturated carbocycles. The van der Waals surface area contributed by atoms with Crippen molar-refractivity contribution in [3.63, 3.8) is 0 Å². The number of methoxy groups -OCH3 is 1. The Balaban J connectivity index is 1.24. The summed E-state index contributed by atoms with van der Waals surface area (Å²) >= 11 is 0. The Morgan fingerprint density at radius 3 is 2.63 bits per heavy atom. The molecule has 2 aromatic heterocycles. The van der Waals surface area contributed by atoms with Crippen molar-refractivity contribution in [1.29, 1.82) is 0 Å². The number of esters is 1. The average molecular weight is 481 g/mol. The minimum absolute atomic E-state index is 0.0184. The van der Waals surface area contributed by atoms with E-state index in [-0.39, 0.29) is 48.8 Å². The molecule has 2 aromatic carbocycles. The van der Waals surface area contributed by atoms with Gasteiger partial charge in [0, 0.05) is 0 Å². The lowest BCUT2D eigenvalue weighted by molar-refractivity contribution is -0.115. The van der Waals surface area contributed by atoms with Gasteiger partial charge in [-0.2, -0.15) is 4.98 Å². The van der Waals surface area contributed by atoms with Crippen LogP contribution in [0.3, 0.4) is 0 Å². The molecule has 1 N–H and O–H groups in total. The highest BCUT2D eigenvalue weighted by atomic mass is 19.1. The number of ether oxygens (including phenoxy) is 3. The number of hydrogen-bond acceptors (Lipinski definition) is 9. The van der Waals surface area contributed by atoms with Crippen molar-refractivity contribution < 1.29 is 37.1 Å². The lowest BCUT2D eigenvalue weighted by Gasteiger charge is -2.08. The average Bonchev–Trinajstić information content (AvgIpc) is 3.52.